The third-order valence-electron chi connectivity index (χ3n) is 8.73. The van der Waals surface area contributed by atoms with E-state index in [1.807, 2.05) is 24.3 Å². The number of phosphoric ester groups is 2. The third kappa shape index (κ3) is 45.3. The minimum Gasteiger partial charge on any atom is -0.462 e. The highest BCUT2D eigenvalue weighted by Gasteiger charge is 2.28. The molecule has 0 radical (unpaired) electrons. The first-order valence-corrected chi connectivity index (χ1v) is 25.7. The van der Waals surface area contributed by atoms with Crippen LogP contribution in [0, 0.1) is 0 Å². The SMILES string of the molecule is CC/C=C\C/C=C\C/C=C\C/C=C\C=C/C(O)C/C=C\CCC(=O)OC[C@H](COP(=O)(O)OC[C@@H](O)COP(=O)(O)O)OC(=O)CCC/C=C\C/C=C\C/C=C\CCCCCCCC. The second-order valence-electron chi connectivity index (χ2n) is 14.8. The van der Waals surface area contributed by atoms with Crippen molar-refractivity contribution in [3.05, 3.63) is 109 Å². The number of aliphatic hydroxyl groups excluding tert-OH is 2. The number of aliphatic hydroxyl groups is 2. The fourth-order valence-electron chi connectivity index (χ4n) is 5.30. The van der Waals surface area contributed by atoms with Gasteiger partial charge in [0.2, 0.25) is 0 Å². The summed E-state index contributed by atoms with van der Waals surface area (Å²) >= 11 is 0. The van der Waals surface area contributed by atoms with Crippen LogP contribution in [0.3, 0.4) is 0 Å². The molecule has 0 aliphatic heterocycles. The predicted octanol–water partition coefficient (Wildman–Crippen LogP) is 10.9. The molecule has 0 rings (SSSR count). The van der Waals surface area contributed by atoms with Gasteiger partial charge in [-0.05, 0) is 77.0 Å². The van der Waals surface area contributed by atoms with Crippen molar-refractivity contribution < 1.29 is 66.7 Å². The Labute approximate surface area is 383 Å². The zero-order valence-corrected chi connectivity index (χ0v) is 40.0. The summed E-state index contributed by atoms with van der Waals surface area (Å²) < 4.78 is 47.6. The number of ether oxygens (including phenoxy) is 2. The first kappa shape index (κ1) is 60.7. The first-order chi connectivity index (χ1) is 30.8. The highest BCUT2D eigenvalue weighted by Crippen LogP contribution is 2.43. The van der Waals surface area contributed by atoms with E-state index in [1.165, 1.54) is 38.5 Å². The van der Waals surface area contributed by atoms with Crippen molar-refractivity contribution in [3.8, 4) is 0 Å². The van der Waals surface area contributed by atoms with Gasteiger partial charge in [-0.15, -0.1) is 0 Å². The molecule has 0 aliphatic carbocycles. The summed E-state index contributed by atoms with van der Waals surface area (Å²) in [5.41, 5.74) is 0. The second-order valence-corrected chi connectivity index (χ2v) is 17.5. The largest absolute Gasteiger partial charge is 0.472 e. The van der Waals surface area contributed by atoms with Gasteiger partial charge in [-0.1, -0.05) is 155 Å². The van der Waals surface area contributed by atoms with Crippen molar-refractivity contribution in [1.29, 1.82) is 0 Å². The number of hydrogen-bond donors (Lipinski definition) is 5. The molecule has 364 valence electrons. The zero-order chi connectivity index (χ0) is 47.4. The number of carbonyl (C=O) groups is 2. The maximum absolute atomic E-state index is 12.7. The van der Waals surface area contributed by atoms with Gasteiger partial charge in [0.25, 0.3) is 0 Å². The van der Waals surface area contributed by atoms with E-state index in [-0.39, 0.29) is 12.8 Å². The van der Waals surface area contributed by atoms with Crippen molar-refractivity contribution >= 4 is 27.6 Å². The standard InChI is InChI=1S/C48H78O14P2/c1-3-5-7-9-11-13-15-17-18-19-20-22-24-26-28-30-34-39-48(52)62-46(43-61-64(56,57)60-41-45(50)40-59-63(53,54)55)42-58-47(51)38-35-31-33-37-44(49)36-32-29-27-25-23-21-16-14-12-10-8-6-4-2/h6,8,12,14,17-18,20-23,26-29,31-33,36,44-46,49-50H,3-5,7,9-11,13,15-16,19,24-25,30,34-35,37-43H2,1-2H3,(H,56,57)(H2,53,54,55)/b8-6-,14-12-,18-17-,22-20-,23-21-,28-26-,29-27-,33-31-,36-32-/t44?,45-,46+/m0/s1. The molecule has 0 bridgehead atoms. The molecule has 64 heavy (non-hydrogen) atoms. The summed E-state index contributed by atoms with van der Waals surface area (Å²) in [6.07, 6.45) is 48.4. The van der Waals surface area contributed by atoms with E-state index in [0.717, 1.165) is 44.9 Å². The van der Waals surface area contributed by atoms with Gasteiger partial charge in [0.1, 0.15) is 12.7 Å². The molecule has 2 unspecified atom stereocenters. The molecule has 0 aromatic carbocycles. The summed E-state index contributed by atoms with van der Waals surface area (Å²) in [7, 11) is -9.76. The van der Waals surface area contributed by atoms with Crippen LogP contribution in [0.25, 0.3) is 0 Å². The maximum Gasteiger partial charge on any atom is 0.472 e. The topological polar surface area (TPSA) is 216 Å². The molecule has 5 N–H and O–H groups in total. The van der Waals surface area contributed by atoms with E-state index in [1.54, 1.807) is 24.3 Å². The van der Waals surface area contributed by atoms with Crippen LogP contribution in [-0.4, -0.2) is 81.6 Å². The molecule has 0 aromatic heterocycles. The monoisotopic (exact) mass is 940 g/mol. The summed E-state index contributed by atoms with van der Waals surface area (Å²) in [6, 6.07) is 0. The van der Waals surface area contributed by atoms with E-state index in [9.17, 15) is 33.8 Å². The van der Waals surface area contributed by atoms with Gasteiger partial charge in [0.15, 0.2) is 6.10 Å². The number of hydrogen-bond acceptors (Lipinski definition) is 11. The van der Waals surface area contributed by atoms with E-state index in [4.69, 9.17) is 23.8 Å². The Hall–Kier alpha value is -3.26. The molecule has 0 saturated carbocycles. The Balaban J connectivity index is 4.80. The molecule has 14 nitrogen and oxygen atoms in total. The van der Waals surface area contributed by atoms with Gasteiger partial charge in [0, 0.05) is 12.8 Å². The molecule has 0 amide bonds. The molecule has 0 heterocycles. The number of rotatable bonds is 41. The number of allylic oxidation sites excluding steroid dienone is 16. The van der Waals surface area contributed by atoms with Crippen LogP contribution < -0.4 is 0 Å². The van der Waals surface area contributed by atoms with Crippen molar-refractivity contribution in [2.45, 2.75) is 154 Å². The Morgan fingerprint density at radius 3 is 1.69 bits per heavy atom. The molecule has 0 aliphatic rings. The lowest BCUT2D eigenvalue weighted by atomic mass is 10.1. The van der Waals surface area contributed by atoms with Gasteiger partial charge in [-0.3, -0.25) is 23.2 Å². The van der Waals surface area contributed by atoms with E-state index in [2.05, 4.69) is 83.7 Å². The predicted molar refractivity (Wildman–Crippen MR) is 254 cm³/mol. The molecule has 0 aromatic rings. The van der Waals surface area contributed by atoms with E-state index < -0.39 is 72.3 Å². The molecular formula is C48H78O14P2. The van der Waals surface area contributed by atoms with Crippen LogP contribution in [0.1, 0.15) is 136 Å². The van der Waals surface area contributed by atoms with E-state index >= 15 is 0 Å². The molecule has 0 spiro atoms. The number of unbranched alkanes of at least 4 members (excludes halogenated alkanes) is 7. The lowest BCUT2D eigenvalue weighted by molar-refractivity contribution is -0.161. The quantitative estimate of drug-likeness (QED) is 0.0127. The van der Waals surface area contributed by atoms with Crippen molar-refractivity contribution in [2.24, 2.45) is 0 Å². The minimum atomic E-state index is -4.89. The Morgan fingerprint density at radius 1 is 0.531 bits per heavy atom. The van der Waals surface area contributed by atoms with Crippen LogP contribution in [0.2, 0.25) is 0 Å². The van der Waals surface area contributed by atoms with Crippen molar-refractivity contribution in [3.63, 3.8) is 0 Å². The van der Waals surface area contributed by atoms with Crippen molar-refractivity contribution in [1.82, 2.24) is 0 Å². The fraction of sp³-hybridized carbons (Fsp3) is 0.583. The number of esters is 2. The van der Waals surface area contributed by atoms with Gasteiger partial charge in [0.05, 0.1) is 25.9 Å². The van der Waals surface area contributed by atoms with E-state index in [0.29, 0.717) is 25.7 Å². The lowest BCUT2D eigenvalue weighted by Crippen LogP contribution is -2.29. The zero-order valence-electron chi connectivity index (χ0n) is 38.2. The summed E-state index contributed by atoms with van der Waals surface area (Å²) in [5.74, 6) is -1.28. The average molecular weight is 941 g/mol. The van der Waals surface area contributed by atoms with Crippen LogP contribution in [0.15, 0.2) is 109 Å². The molecular weight excluding hydrogens is 862 g/mol. The van der Waals surface area contributed by atoms with Gasteiger partial charge in [-0.25, -0.2) is 9.13 Å². The number of carbonyl (C=O) groups excluding carboxylic acids is 2. The van der Waals surface area contributed by atoms with Crippen molar-refractivity contribution in [2.75, 3.05) is 26.4 Å². The second kappa shape index (κ2) is 42.4. The maximum atomic E-state index is 12.7. The molecule has 0 saturated heterocycles. The van der Waals surface area contributed by atoms with Gasteiger partial charge in [-0.2, -0.15) is 0 Å². The highest BCUT2D eigenvalue weighted by atomic mass is 31.2. The Kier molecular flexibility index (Phi) is 40.2. The Bertz CT molecular complexity index is 1560. The fourth-order valence-corrected chi connectivity index (χ4v) is 6.45. The summed E-state index contributed by atoms with van der Waals surface area (Å²) in [4.78, 5) is 52.7. The van der Waals surface area contributed by atoms with Crippen LogP contribution in [-0.2, 0) is 41.8 Å². The molecule has 4 atom stereocenters. The lowest BCUT2D eigenvalue weighted by Gasteiger charge is -2.20. The normalized spacial score (nSPS) is 15.4. The van der Waals surface area contributed by atoms with Crippen LogP contribution in [0.4, 0.5) is 0 Å². The Morgan fingerprint density at radius 2 is 1.06 bits per heavy atom. The van der Waals surface area contributed by atoms with Crippen LogP contribution >= 0.6 is 15.6 Å². The minimum absolute atomic E-state index is 0.0162. The third-order valence-corrected chi connectivity index (χ3v) is 10.2. The smallest absolute Gasteiger partial charge is 0.462 e. The first-order valence-electron chi connectivity index (χ1n) is 22.7. The molecule has 0 fully saturated rings. The molecule has 16 heteroatoms. The summed E-state index contributed by atoms with van der Waals surface area (Å²) in [6.45, 7) is 1.37. The van der Waals surface area contributed by atoms with Crippen LogP contribution in [0.5, 0.6) is 0 Å². The number of phosphoric acid groups is 2. The average Bonchev–Trinajstić information content (AvgIpc) is 3.25. The van der Waals surface area contributed by atoms with Gasteiger partial charge < -0.3 is 34.4 Å². The van der Waals surface area contributed by atoms with Gasteiger partial charge >= 0.3 is 27.6 Å². The highest BCUT2D eigenvalue weighted by molar-refractivity contribution is 7.47. The summed E-state index contributed by atoms with van der Waals surface area (Å²) in [5, 5.41) is 20.0.